The Morgan fingerprint density at radius 1 is 1.17 bits per heavy atom. The maximum atomic E-state index is 12.2. The van der Waals surface area contributed by atoms with Gasteiger partial charge in [-0.05, 0) is 61.6 Å². The van der Waals surface area contributed by atoms with E-state index in [-0.39, 0.29) is 24.4 Å². The molecule has 1 aliphatic carbocycles. The van der Waals surface area contributed by atoms with Gasteiger partial charge < -0.3 is 10.1 Å². The van der Waals surface area contributed by atoms with Gasteiger partial charge in [-0.15, -0.1) is 0 Å². The van der Waals surface area contributed by atoms with Crippen LogP contribution < -0.4 is 5.32 Å². The molecular weight excluding hydrogens is 302 g/mol. The van der Waals surface area contributed by atoms with E-state index in [4.69, 9.17) is 4.74 Å². The number of carbonyl (C=O) groups is 2. The molecule has 0 aliphatic heterocycles. The van der Waals surface area contributed by atoms with Crippen LogP contribution in [0.3, 0.4) is 0 Å². The highest BCUT2D eigenvalue weighted by Gasteiger charge is 2.33. The van der Waals surface area contributed by atoms with Crippen LogP contribution in [0, 0.1) is 24.2 Å². The number of anilines is 1. The van der Waals surface area contributed by atoms with Gasteiger partial charge in [0.25, 0.3) is 5.91 Å². The van der Waals surface area contributed by atoms with Crippen LogP contribution in [0.2, 0.25) is 0 Å². The number of hydrogen-bond donors (Lipinski definition) is 1. The molecule has 1 aromatic carbocycles. The molecule has 4 nitrogen and oxygen atoms in total. The lowest BCUT2D eigenvalue weighted by molar-refractivity contribution is -0.153. The Hall–Kier alpha value is -1.84. The molecule has 0 heterocycles. The molecule has 0 bridgehead atoms. The summed E-state index contributed by atoms with van der Waals surface area (Å²) >= 11 is 0. The Labute approximate surface area is 145 Å². The molecule has 1 N–H and O–H groups in total. The van der Waals surface area contributed by atoms with E-state index in [0.717, 1.165) is 36.9 Å². The highest BCUT2D eigenvalue weighted by Crippen LogP contribution is 2.40. The van der Waals surface area contributed by atoms with Gasteiger partial charge in [-0.25, -0.2) is 0 Å². The molecule has 1 fully saturated rings. The summed E-state index contributed by atoms with van der Waals surface area (Å²) in [5.74, 6) is 0.0700. The van der Waals surface area contributed by atoms with Gasteiger partial charge in [0, 0.05) is 5.69 Å². The molecule has 1 amide bonds. The number of esters is 1. The van der Waals surface area contributed by atoms with Crippen molar-refractivity contribution in [1.29, 1.82) is 0 Å². The van der Waals surface area contributed by atoms with Crippen molar-refractivity contribution in [3.8, 4) is 0 Å². The zero-order valence-electron chi connectivity index (χ0n) is 15.2. The summed E-state index contributed by atoms with van der Waals surface area (Å²) in [5, 5.41) is 2.75. The number of hydrogen-bond acceptors (Lipinski definition) is 3. The third kappa shape index (κ3) is 5.36. The second-order valence-corrected chi connectivity index (χ2v) is 7.94. The highest BCUT2D eigenvalue weighted by atomic mass is 16.5. The summed E-state index contributed by atoms with van der Waals surface area (Å²) in [6.07, 6.45) is 3.83. The first-order valence-electron chi connectivity index (χ1n) is 8.79. The topological polar surface area (TPSA) is 55.4 Å². The fourth-order valence-corrected chi connectivity index (χ4v) is 3.37. The number of nitrogens with one attached hydrogen (secondary N) is 1. The van der Waals surface area contributed by atoms with Crippen molar-refractivity contribution in [1.82, 2.24) is 0 Å². The average Bonchev–Trinajstić information content (AvgIpc) is 2.52. The summed E-state index contributed by atoms with van der Waals surface area (Å²) in [5.41, 5.74) is 2.09. The van der Waals surface area contributed by atoms with Crippen LogP contribution in [0.4, 0.5) is 5.69 Å². The van der Waals surface area contributed by atoms with Crippen LogP contribution >= 0.6 is 0 Å². The first-order chi connectivity index (χ1) is 11.3. The Morgan fingerprint density at radius 2 is 1.83 bits per heavy atom. The number of aryl methyl sites for hydroxylation is 1. The second kappa shape index (κ2) is 7.82. The molecule has 0 saturated heterocycles. The van der Waals surface area contributed by atoms with Crippen molar-refractivity contribution < 1.29 is 14.3 Å². The van der Waals surface area contributed by atoms with Gasteiger partial charge in [-0.3, -0.25) is 9.59 Å². The van der Waals surface area contributed by atoms with Gasteiger partial charge in [0.1, 0.15) is 0 Å². The maximum Gasteiger partial charge on any atom is 0.309 e. The summed E-state index contributed by atoms with van der Waals surface area (Å²) in [7, 11) is 0. The fourth-order valence-electron chi connectivity index (χ4n) is 3.37. The predicted octanol–water partition coefficient (Wildman–Crippen LogP) is 4.33. The maximum absolute atomic E-state index is 12.2. The highest BCUT2D eigenvalue weighted by molar-refractivity contribution is 5.92. The minimum absolute atomic E-state index is 0.0598. The van der Waals surface area contributed by atoms with E-state index in [1.54, 1.807) is 0 Å². The lowest BCUT2D eigenvalue weighted by Crippen LogP contribution is -2.31. The van der Waals surface area contributed by atoms with E-state index in [1.165, 1.54) is 0 Å². The van der Waals surface area contributed by atoms with Crippen molar-refractivity contribution in [2.45, 2.75) is 53.4 Å². The Kier molecular flexibility index (Phi) is 6.03. The molecule has 132 valence electrons. The van der Waals surface area contributed by atoms with Crippen LogP contribution in [-0.2, 0) is 14.3 Å². The molecular formula is C20H29NO3. The summed E-state index contributed by atoms with van der Waals surface area (Å²) in [6, 6.07) is 7.54. The molecule has 1 aromatic rings. The van der Waals surface area contributed by atoms with Crippen LogP contribution in [0.5, 0.6) is 0 Å². The summed E-state index contributed by atoms with van der Waals surface area (Å²) in [6.45, 7) is 8.51. The van der Waals surface area contributed by atoms with Crippen LogP contribution in [-0.4, -0.2) is 18.5 Å². The molecule has 0 atom stereocenters. The lowest BCUT2D eigenvalue weighted by atomic mass is 9.70. The largest absolute Gasteiger partial charge is 0.455 e. The van der Waals surface area contributed by atoms with Crippen LogP contribution in [0.15, 0.2) is 24.3 Å². The number of carbonyl (C=O) groups excluding carboxylic acids is 2. The van der Waals surface area contributed by atoms with Crippen molar-refractivity contribution in [2.75, 3.05) is 11.9 Å². The van der Waals surface area contributed by atoms with Gasteiger partial charge in [0.05, 0.1) is 5.92 Å². The molecule has 4 heteroatoms. The van der Waals surface area contributed by atoms with Gasteiger partial charge >= 0.3 is 5.97 Å². The summed E-state index contributed by atoms with van der Waals surface area (Å²) in [4.78, 5) is 24.1. The van der Waals surface area contributed by atoms with E-state index >= 15 is 0 Å². The third-order valence-electron chi connectivity index (χ3n) is 4.93. The predicted molar refractivity (Wildman–Crippen MR) is 95.7 cm³/mol. The second-order valence-electron chi connectivity index (χ2n) is 7.94. The average molecular weight is 331 g/mol. The van der Waals surface area contributed by atoms with Crippen LogP contribution in [0.25, 0.3) is 0 Å². The number of rotatable bonds is 4. The SMILES string of the molecule is Cc1cccc(NC(=O)COC(=O)C2CCC(C(C)(C)C)CC2)c1. The minimum atomic E-state index is -0.294. The molecule has 24 heavy (non-hydrogen) atoms. The van der Waals surface area contributed by atoms with E-state index in [1.807, 2.05) is 31.2 Å². The van der Waals surface area contributed by atoms with Crippen molar-refractivity contribution in [2.24, 2.45) is 17.3 Å². The molecule has 2 rings (SSSR count). The first kappa shape index (κ1) is 18.5. The molecule has 1 aliphatic rings. The van der Waals surface area contributed by atoms with Crippen LogP contribution in [0.1, 0.15) is 52.0 Å². The number of ether oxygens (including phenoxy) is 1. The molecule has 0 spiro atoms. The van der Waals surface area contributed by atoms with Gasteiger partial charge in [-0.1, -0.05) is 32.9 Å². The minimum Gasteiger partial charge on any atom is -0.455 e. The Balaban J connectivity index is 1.74. The normalized spacial score (nSPS) is 21.2. The van der Waals surface area contributed by atoms with Crippen molar-refractivity contribution >= 4 is 17.6 Å². The lowest BCUT2D eigenvalue weighted by Gasteiger charge is -2.36. The van der Waals surface area contributed by atoms with E-state index in [9.17, 15) is 9.59 Å². The number of benzene rings is 1. The van der Waals surface area contributed by atoms with E-state index in [0.29, 0.717) is 11.3 Å². The van der Waals surface area contributed by atoms with E-state index < -0.39 is 0 Å². The first-order valence-corrected chi connectivity index (χ1v) is 8.79. The molecule has 1 saturated carbocycles. The van der Waals surface area contributed by atoms with E-state index in [2.05, 4.69) is 26.1 Å². The zero-order valence-corrected chi connectivity index (χ0v) is 15.2. The number of amides is 1. The van der Waals surface area contributed by atoms with Crippen molar-refractivity contribution in [3.05, 3.63) is 29.8 Å². The molecule has 0 aromatic heterocycles. The standard InChI is InChI=1S/C20H29NO3/c1-14-6-5-7-17(12-14)21-18(22)13-24-19(23)15-8-10-16(11-9-15)20(2,3)4/h5-7,12,15-16H,8-11,13H2,1-4H3,(H,21,22). The monoisotopic (exact) mass is 331 g/mol. The molecule has 0 unspecified atom stereocenters. The molecule has 0 radical (unpaired) electrons. The van der Waals surface area contributed by atoms with Gasteiger partial charge in [0.15, 0.2) is 6.61 Å². The third-order valence-corrected chi connectivity index (χ3v) is 4.93. The fraction of sp³-hybridized carbons (Fsp3) is 0.600. The summed E-state index contributed by atoms with van der Waals surface area (Å²) < 4.78 is 5.22. The zero-order chi connectivity index (χ0) is 17.7. The van der Waals surface area contributed by atoms with Gasteiger partial charge in [-0.2, -0.15) is 0 Å². The van der Waals surface area contributed by atoms with Crippen molar-refractivity contribution in [3.63, 3.8) is 0 Å². The van der Waals surface area contributed by atoms with Gasteiger partial charge in [0.2, 0.25) is 0 Å². The smallest absolute Gasteiger partial charge is 0.309 e. The Morgan fingerprint density at radius 3 is 2.42 bits per heavy atom. The Bertz CT molecular complexity index is 581. The quantitative estimate of drug-likeness (QED) is 0.836.